The minimum atomic E-state index is -4.14. The standard InChI is InChI=1S/C20H18FN3O6S/c21-16-6-2-1-5-15(16)18-8-13(10-23-17(20(27)28)9-19(25)26)12-24(18)31(29,30)14-4-3-7-22-11-14/h1-8,11-12,17,23H,9-10H2,(H,25,26)(H,27,28). The van der Waals surface area contributed by atoms with Crippen LogP contribution in [0.25, 0.3) is 11.3 Å². The van der Waals surface area contributed by atoms with Crippen molar-refractivity contribution in [2.75, 3.05) is 0 Å². The summed E-state index contributed by atoms with van der Waals surface area (Å²) in [5.41, 5.74) is 0.382. The molecule has 0 aliphatic carbocycles. The average Bonchev–Trinajstić information content (AvgIpc) is 3.16. The number of hydrogen-bond donors (Lipinski definition) is 3. The van der Waals surface area contributed by atoms with Gasteiger partial charge in [0.15, 0.2) is 0 Å². The fourth-order valence-corrected chi connectivity index (χ4v) is 4.29. The van der Waals surface area contributed by atoms with E-state index < -0.39 is 40.2 Å². The summed E-state index contributed by atoms with van der Waals surface area (Å²) >= 11 is 0. The topological polar surface area (TPSA) is 139 Å². The van der Waals surface area contributed by atoms with E-state index in [1.54, 1.807) is 6.07 Å². The molecule has 11 heteroatoms. The number of aliphatic carboxylic acids is 2. The van der Waals surface area contributed by atoms with Crippen molar-refractivity contribution >= 4 is 22.0 Å². The van der Waals surface area contributed by atoms with Gasteiger partial charge >= 0.3 is 11.9 Å². The quantitative estimate of drug-likeness (QED) is 0.452. The second-order valence-electron chi connectivity index (χ2n) is 6.57. The molecule has 162 valence electrons. The van der Waals surface area contributed by atoms with E-state index in [1.807, 2.05) is 0 Å². The Balaban J connectivity index is 2.04. The Bertz CT molecular complexity index is 1210. The molecule has 0 amide bonds. The molecule has 3 rings (SSSR count). The number of carboxylic acids is 2. The third-order valence-electron chi connectivity index (χ3n) is 4.41. The first-order valence-electron chi connectivity index (χ1n) is 9.00. The summed E-state index contributed by atoms with van der Waals surface area (Å²) in [5, 5.41) is 20.6. The maximum atomic E-state index is 14.4. The van der Waals surface area contributed by atoms with Gasteiger partial charge in [0.1, 0.15) is 16.8 Å². The lowest BCUT2D eigenvalue weighted by atomic mass is 10.1. The van der Waals surface area contributed by atoms with Crippen molar-refractivity contribution in [1.29, 1.82) is 0 Å². The first kappa shape index (κ1) is 22.1. The summed E-state index contributed by atoms with van der Waals surface area (Å²) in [6.45, 7) is -0.152. The van der Waals surface area contributed by atoms with E-state index in [0.717, 1.165) is 10.2 Å². The number of nitrogens with one attached hydrogen (secondary N) is 1. The lowest BCUT2D eigenvalue weighted by Crippen LogP contribution is -2.38. The van der Waals surface area contributed by atoms with Crippen molar-refractivity contribution in [3.63, 3.8) is 0 Å². The zero-order chi connectivity index (χ0) is 22.6. The second-order valence-corrected chi connectivity index (χ2v) is 8.39. The zero-order valence-corrected chi connectivity index (χ0v) is 16.8. The van der Waals surface area contributed by atoms with Gasteiger partial charge in [-0.1, -0.05) is 12.1 Å². The van der Waals surface area contributed by atoms with Crippen LogP contribution in [0.1, 0.15) is 12.0 Å². The lowest BCUT2D eigenvalue weighted by Gasteiger charge is -2.11. The zero-order valence-electron chi connectivity index (χ0n) is 16.0. The Kier molecular flexibility index (Phi) is 6.47. The van der Waals surface area contributed by atoms with E-state index in [-0.39, 0.29) is 22.7 Å². The monoisotopic (exact) mass is 447 g/mol. The molecule has 9 nitrogen and oxygen atoms in total. The molecule has 1 unspecified atom stereocenters. The van der Waals surface area contributed by atoms with E-state index in [2.05, 4.69) is 10.3 Å². The fourth-order valence-electron chi connectivity index (χ4n) is 2.93. The highest BCUT2D eigenvalue weighted by Crippen LogP contribution is 2.29. The summed E-state index contributed by atoms with van der Waals surface area (Å²) in [4.78, 5) is 25.8. The van der Waals surface area contributed by atoms with E-state index in [4.69, 9.17) is 10.2 Å². The van der Waals surface area contributed by atoms with Crippen molar-refractivity contribution < 1.29 is 32.6 Å². The number of nitrogens with zero attached hydrogens (tertiary/aromatic N) is 2. The first-order chi connectivity index (χ1) is 14.7. The van der Waals surface area contributed by atoms with Gasteiger partial charge in [-0.3, -0.25) is 19.9 Å². The van der Waals surface area contributed by atoms with Crippen LogP contribution in [0.4, 0.5) is 4.39 Å². The van der Waals surface area contributed by atoms with Crippen LogP contribution < -0.4 is 5.32 Å². The molecule has 31 heavy (non-hydrogen) atoms. The summed E-state index contributed by atoms with van der Waals surface area (Å²) < 4.78 is 41.6. The van der Waals surface area contributed by atoms with Crippen molar-refractivity contribution in [2.45, 2.75) is 23.9 Å². The molecular formula is C20H18FN3O6S. The van der Waals surface area contributed by atoms with Crippen molar-refractivity contribution in [3.8, 4) is 11.3 Å². The van der Waals surface area contributed by atoms with Gasteiger partial charge in [-0.2, -0.15) is 0 Å². The number of carbonyl (C=O) groups is 2. The van der Waals surface area contributed by atoms with Crippen LogP contribution in [0.15, 0.2) is 66.0 Å². The normalized spacial score (nSPS) is 12.4. The molecule has 0 aliphatic rings. The molecule has 1 aromatic carbocycles. The van der Waals surface area contributed by atoms with Gasteiger partial charge < -0.3 is 10.2 Å². The van der Waals surface area contributed by atoms with Gasteiger partial charge in [-0.25, -0.2) is 16.8 Å². The summed E-state index contributed by atoms with van der Waals surface area (Å²) in [7, 11) is -4.14. The van der Waals surface area contributed by atoms with Crippen LogP contribution in [0.5, 0.6) is 0 Å². The molecule has 0 saturated carbocycles. The van der Waals surface area contributed by atoms with Gasteiger partial charge in [0, 0.05) is 30.7 Å². The van der Waals surface area contributed by atoms with Gasteiger partial charge in [0.05, 0.1) is 12.1 Å². The highest BCUT2D eigenvalue weighted by molar-refractivity contribution is 7.90. The number of benzene rings is 1. The number of halogens is 1. The van der Waals surface area contributed by atoms with Crippen LogP contribution in [0.3, 0.4) is 0 Å². The molecule has 0 saturated heterocycles. The summed E-state index contributed by atoms with van der Waals surface area (Å²) in [6, 6.07) is 8.44. The maximum Gasteiger partial charge on any atom is 0.321 e. The molecule has 0 fully saturated rings. The van der Waals surface area contributed by atoms with Crippen LogP contribution in [-0.2, 0) is 26.2 Å². The molecule has 0 spiro atoms. The SMILES string of the molecule is O=C(O)CC(NCc1cc(-c2ccccc2F)n(S(=O)(=O)c2cccnc2)c1)C(=O)O. The molecule has 2 aromatic heterocycles. The van der Waals surface area contributed by atoms with Crippen molar-refractivity contribution in [1.82, 2.24) is 14.3 Å². The third-order valence-corrected chi connectivity index (χ3v) is 6.07. The molecule has 3 N–H and O–H groups in total. The van der Waals surface area contributed by atoms with E-state index >= 15 is 0 Å². The minimum Gasteiger partial charge on any atom is -0.481 e. The predicted molar refractivity (Wildman–Crippen MR) is 107 cm³/mol. The Labute approximate surface area is 176 Å². The molecule has 3 aromatic rings. The number of aromatic nitrogens is 2. The molecule has 2 heterocycles. The van der Waals surface area contributed by atoms with Crippen molar-refractivity contribution in [2.24, 2.45) is 0 Å². The molecule has 0 aliphatic heterocycles. The Hall–Kier alpha value is -3.57. The smallest absolute Gasteiger partial charge is 0.321 e. The van der Waals surface area contributed by atoms with Gasteiger partial charge in [0.25, 0.3) is 10.0 Å². The molecular weight excluding hydrogens is 429 g/mol. The second kappa shape index (κ2) is 9.06. The van der Waals surface area contributed by atoms with Gasteiger partial charge in [-0.05, 0) is 35.9 Å². The Morgan fingerprint density at radius 3 is 2.52 bits per heavy atom. The molecule has 1 atom stereocenters. The highest BCUT2D eigenvalue weighted by Gasteiger charge is 2.25. The first-order valence-corrected chi connectivity index (χ1v) is 10.4. The minimum absolute atomic E-state index is 0.0292. The largest absolute Gasteiger partial charge is 0.481 e. The van der Waals surface area contributed by atoms with Crippen LogP contribution in [0, 0.1) is 5.82 Å². The van der Waals surface area contributed by atoms with E-state index in [0.29, 0.717) is 5.56 Å². The maximum absolute atomic E-state index is 14.4. The Morgan fingerprint density at radius 1 is 1.16 bits per heavy atom. The number of carboxylic acid groups (broad SMARTS) is 2. The number of pyridine rings is 1. The van der Waals surface area contributed by atoms with Crippen molar-refractivity contribution in [3.05, 3.63) is 72.4 Å². The van der Waals surface area contributed by atoms with Crippen LogP contribution in [0.2, 0.25) is 0 Å². The predicted octanol–water partition coefficient (Wildman–Crippen LogP) is 1.94. The average molecular weight is 447 g/mol. The summed E-state index contributed by atoms with van der Waals surface area (Å²) in [6.07, 6.45) is 3.14. The van der Waals surface area contributed by atoms with Gasteiger partial charge in [-0.15, -0.1) is 0 Å². The molecule has 0 bridgehead atoms. The number of hydrogen-bond acceptors (Lipinski definition) is 6. The third kappa shape index (κ3) is 4.95. The Morgan fingerprint density at radius 2 is 1.90 bits per heavy atom. The number of rotatable bonds is 9. The fraction of sp³-hybridized carbons (Fsp3) is 0.150. The van der Waals surface area contributed by atoms with E-state index in [9.17, 15) is 22.4 Å². The highest BCUT2D eigenvalue weighted by atomic mass is 32.2. The molecule has 0 radical (unpaired) electrons. The van der Waals surface area contributed by atoms with Crippen LogP contribution in [-0.4, -0.2) is 45.6 Å². The summed E-state index contributed by atoms with van der Waals surface area (Å²) in [5.74, 6) is -3.31. The van der Waals surface area contributed by atoms with E-state index in [1.165, 1.54) is 48.8 Å². The van der Waals surface area contributed by atoms with Crippen LogP contribution >= 0.6 is 0 Å². The lowest BCUT2D eigenvalue weighted by molar-refractivity contribution is -0.146. The van der Waals surface area contributed by atoms with Gasteiger partial charge in [0.2, 0.25) is 0 Å².